The van der Waals surface area contributed by atoms with Crippen LogP contribution < -0.4 is 5.32 Å². The molecule has 0 heterocycles. The summed E-state index contributed by atoms with van der Waals surface area (Å²) in [5.74, 6) is 0.743. The second-order valence-corrected chi connectivity index (χ2v) is 6.76. The standard InChI is InChI=1S/C19H31NO/c1-6-21-19(11-7-8-14(2)13-19)18(20-5)17-10-9-15(3)16(4)12-17/h9-10,12,14,18,20H,6-8,11,13H2,1-5H3. The van der Waals surface area contributed by atoms with Crippen molar-refractivity contribution in [3.8, 4) is 0 Å². The lowest BCUT2D eigenvalue weighted by Gasteiger charge is -2.45. The summed E-state index contributed by atoms with van der Waals surface area (Å²) in [5, 5.41) is 3.56. The minimum Gasteiger partial charge on any atom is -0.373 e. The number of hydrogen-bond donors (Lipinski definition) is 1. The molecule has 2 heteroatoms. The highest BCUT2D eigenvalue weighted by Crippen LogP contribution is 2.43. The average molecular weight is 289 g/mol. The highest BCUT2D eigenvalue weighted by molar-refractivity contribution is 5.33. The monoisotopic (exact) mass is 289 g/mol. The van der Waals surface area contributed by atoms with Crippen LogP contribution in [-0.2, 0) is 4.74 Å². The van der Waals surface area contributed by atoms with Gasteiger partial charge in [0.05, 0.1) is 11.6 Å². The van der Waals surface area contributed by atoms with E-state index >= 15 is 0 Å². The van der Waals surface area contributed by atoms with Crippen LogP contribution in [0.1, 0.15) is 62.3 Å². The Morgan fingerprint density at radius 3 is 2.67 bits per heavy atom. The molecule has 0 spiro atoms. The molecule has 1 aliphatic rings. The summed E-state index contributed by atoms with van der Waals surface area (Å²) in [6.45, 7) is 9.64. The predicted molar refractivity (Wildman–Crippen MR) is 89.7 cm³/mol. The first-order valence-electron chi connectivity index (χ1n) is 8.40. The average Bonchev–Trinajstić information content (AvgIpc) is 2.44. The maximum atomic E-state index is 6.36. The molecular weight excluding hydrogens is 258 g/mol. The molecule has 118 valence electrons. The van der Waals surface area contributed by atoms with Gasteiger partial charge in [-0.15, -0.1) is 0 Å². The number of likely N-dealkylation sites (N-methyl/N-ethyl adjacent to an activating group) is 1. The molecule has 0 bridgehead atoms. The molecule has 1 aliphatic carbocycles. The molecule has 1 fully saturated rings. The summed E-state index contributed by atoms with van der Waals surface area (Å²) in [6, 6.07) is 7.11. The van der Waals surface area contributed by atoms with E-state index < -0.39 is 0 Å². The van der Waals surface area contributed by atoms with E-state index in [-0.39, 0.29) is 11.6 Å². The van der Waals surface area contributed by atoms with Gasteiger partial charge in [0.25, 0.3) is 0 Å². The summed E-state index contributed by atoms with van der Waals surface area (Å²) in [5.41, 5.74) is 4.03. The third-order valence-electron chi connectivity index (χ3n) is 5.10. The van der Waals surface area contributed by atoms with E-state index in [9.17, 15) is 0 Å². The minimum atomic E-state index is -0.0527. The van der Waals surface area contributed by atoms with E-state index in [0.717, 1.165) is 25.4 Å². The van der Waals surface area contributed by atoms with Crippen molar-refractivity contribution in [1.29, 1.82) is 0 Å². The zero-order valence-corrected chi connectivity index (χ0v) is 14.3. The highest BCUT2D eigenvalue weighted by atomic mass is 16.5. The summed E-state index contributed by atoms with van der Waals surface area (Å²) < 4.78 is 6.36. The van der Waals surface area contributed by atoms with Gasteiger partial charge in [-0.25, -0.2) is 0 Å². The maximum absolute atomic E-state index is 6.36. The van der Waals surface area contributed by atoms with Gasteiger partial charge < -0.3 is 10.1 Å². The molecule has 1 aromatic rings. The Bertz CT molecular complexity index is 467. The molecule has 0 radical (unpaired) electrons. The first-order chi connectivity index (χ1) is 10.0. The fourth-order valence-electron chi connectivity index (χ4n) is 3.99. The quantitative estimate of drug-likeness (QED) is 0.858. The van der Waals surface area contributed by atoms with E-state index in [1.165, 1.54) is 29.5 Å². The predicted octanol–water partition coefficient (Wildman–Crippen LogP) is 4.55. The number of aryl methyl sites for hydroxylation is 2. The van der Waals surface area contributed by atoms with Crippen molar-refractivity contribution in [3.05, 3.63) is 34.9 Å². The van der Waals surface area contributed by atoms with Crippen molar-refractivity contribution in [2.45, 2.75) is 65.0 Å². The largest absolute Gasteiger partial charge is 0.373 e. The normalized spacial score (nSPS) is 27.6. The second kappa shape index (κ2) is 6.93. The van der Waals surface area contributed by atoms with E-state index in [4.69, 9.17) is 4.74 Å². The van der Waals surface area contributed by atoms with Crippen LogP contribution in [0.3, 0.4) is 0 Å². The Morgan fingerprint density at radius 1 is 1.33 bits per heavy atom. The number of rotatable bonds is 5. The second-order valence-electron chi connectivity index (χ2n) is 6.76. The Kier molecular flexibility index (Phi) is 5.45. The van der Waals surface area contributed by atoms with Crippen molar-refractivity contribution in [3.63, 3.8) is 0 Å². The summed E-state index contributed by atoms with van der Waals surface area (Å²) >= 11 is 0. The van der Waals surface area contributed by atoms with Crippen LogP contribution in [0.4, 0.5) is 0 Å². The van der Waals surface area contributed by atoms with E-state index in [1.807, 2.05) is 0 Å². The van der Waals surface area contributed by atoms with Gasteiger partial charge in [0.15, 0.2) is 0 Å². The van der Waals surface area contributed by atoms with Crippen molar-refractivity contribution in [1.82, 2.24) is 5.32 Å². The molecule has 0 saturated heterocycles. The van der Waals surface area contributed by atoms with Gasteiger partial charge in [-0.05, 0) is 63.3 Å². The molecule has 1 aromatic carbocycles. The molecule has 0 amide bonds. The molecule has 3 unspecified atom stereocenters. The Morgan fingerprint density at radius 2 is 2.10 bits per heavy atom. The van der Waals surface area contributed by atoms with Crippen LogP contribution in [-0.4, -0.2) is 19.3 Å². The van der Waals surface area contributed by atoms with Crippen molar-refractivity contribution >= 4 is 0 Å². The van der Waals surface area contributed by atoms with Crippen LogP contribution in [0, 0.1) is 19.8 Å². The van der Waals surface area contributed by atoms with Crippen LogP contribution in [0.25, 0.3) is 0 Å². The van der Waals surface area contributed by atoms with Gasteiger partial charge in [-0.2, -0.15) is 0 Å². The summed E-state index contributed by atoms with van der Waals surface area (Å²) in [4.78, 5) is 0. The molecule has 1 saturated carbocycles. The first-order valence-corrected chi connectivity index (χ1v) is 8.40. The number of nitrogens with one attached hydrogen (secondary N) is 1. The SMILES string of the molecule is CCOC1(C(NC)c2ccc(C)c(C)c2)CCCC(C)C1. The van der Waals surface area contributed by atoms with Gasteiger partial charge in [0.2, 0.25) is 0 Å². The Balaban J connectivity index is 2.37. The van der Waals surface area contributed by atoms with Crippen LogP contribution in [0.15, 0.2) is 18.2 Å². The molecule has 0 aromatic heterocycles. The van der Waals surface area contributed by atoms with Crippen molar-refractivity contribution < 1.29 is 4.74 Å². The van der Waals surface area contributed by atoms with Crippen LogP contribution in [0.5, 0.6) is 0 Å². The molecule has 0 aliphatic heterocycles. The van der Waals surface area contributed by atoms with Gasteiger partial charge in [-0.1, -0.05) is 38.0 Å². The van der Waals surface area contributed by atoms with Gasteiger partial charge >= 0.3 is 0 Å². The van der Waals surface area contributed by atoms with Gasteiger partial charge in [0.1, 0.15) is 0 Å². The fourth-order valence-corrected chi connectivity index (χ4v) is 3.99. The Hall–Kier alpha value is -0.860. The van der Waals surface area contributed by atoms with Crippen molar-refractivity contribution in [2.75, 3.05) is 13.7 Å². The first kappa shape index (κ1) is 16.5. The molecule has 3 atom stereocenters. The maximum Gasteiger partial charge on any atom is 0.0878 e. The molecule has 1 N–H and O–H groups in total. The van der Waals surface area contributed by atoms with Crippen LogP contribution >= 0.6 is 0 Å². The lowest BCUT2D eigenvalue weighted by Crippen LogP contribution is -2.48. The van der Waals surface area contributed by atoms with Crippen LogP contribution in [0.2, 0.25) is 0 Å². The zero-order valence-electron chi connectivity index (χ0n) is 14.3. The third kappa shape index (κ3) is 3.49. The van der Waals surface area contributed by atoms with Crippen molar-refractivity contribution in [2.24, 2.45) is 5.92 Å². The summed E-state index contributed by atoms with van der Waals surface area (Å²) in [7, 11) is 2.07. The molecular formula is C19H31NO. The lowest BCUT2D eigenvalue weighted by atomic mass is 9.72. The Labute approximate surface area is 130 Å². The number of ether oxygens (including phenoxy) is 1. The minimum absolute atomic E-state index is 0.0527. The zero-order chi connectivity index (χ0) is 15.5. The lowest BCUT2D eigenvalue weighted by molar-refractivity contribution is -0.100. The van der Waals surface area contributed by atoms with E-state index in [2.05, 4.69) is 58.3 Å². The van der Waals surface area contributed by atoms with Gasteiger partial charge in [-0.3, -0.25) is 0 Å². The van der Waals surface area contributed by atoms with E-state index in [0.29, 0.717) is 0 Å². The third-order valence-corrected chi connectivity index (χ3v) is 5.10. The topological polar surface area (TPSA) is 21.3 Å². The molecule has 21 heavy (non-hydrogen) atoms. The number of benzene rings is 1. The highest BCUT2D eigenvalue weighted by Gasteiger charge is 2.42. The fraction of sp³-hybridized carbons (Fsp3) is 0.684. The molecule has 2 nitrogen and oxygen atoms in total. The van der Waals surface area contributed by atoms with E-state index in [1.54, 1.807) is 0 Å². The molecule has 2 rings (SSSR count). The number of hydrogen-bond acceptors (Lipinski definition) is 2. The smallest absolute Gasteiger partial charge is 0.0878 e. The summed E-state index contributed by atoms with van der Waals surface area (Å²) in [6.07, 6.45) is 4.91. The van der Waals surface area contributed by atoms with Gasteiger partial charge in [0, 0.05) is 6.61 Å².